The zero-order chi connectivity index (χ0) is 14.8. The molecule has 0 aromatic heterocycles. The monoisotopic (exact) mass is 285 g/mol. The van der Waals surface area contributed by atoms with E-state index in [-0.39, 0.29) is 18.0 Å². The van der Waals surface area contributed by atoms with Crippen molar-refractivity contribution in [3.8, 4) is 5.75 Å². The van der Waals surface area contributed by atoms with Crippen LogP contribution in [0.4, 0.5) is 4.39 Å². The largest absolute Gasteiger partial charge is 0.485 e. The molecule has 0 amide bonds. The van der Waals surface area contributed by atoms with Crippen molar-refractivity contribution in [1.29, 1.82) is 0 Å². The number of hydrogen-bond acceptors (Lipinski definition) is 2. The molecule has 110 valence electrons. The van der Waals surface area contributed by atoms with E-state index < -0.39 is 0 Å². The van der Waals surface area contributed by atoms with Crippen molar-refractivity contribution in [2.75, 3.05) is 7.05 Å². The highest BCUT2D eigenvalue weighted by molar-refractivity contribution is 5.40. The summed E-state index contributed by atoms with van der Waals surface area (Å²) >= 11 is 0. The lowest BCUT2D eigenvalue weighted by atomic mass is 9.92. The maximum atomic E-state index is 13.5. The van der Waals surface area contributed by atoms with Gasteiger partial charge in [-0.15, -0.1) is 0 Å². The molecule has 3 rings (SSSR count). The molecule has 1 heterocycles. The molecule has 1 aliphatic rings. The Hall–Kier alpha value is -1.87. The van der Waals surface area contributed by atoms with Gasteiger partial charge in [-0.05, 0) is 30.7 Å². The van der Waals surface area contributed by atoms with Crippen molar-refractivity contribution in [2.45, 2.75) is 31.9 Å². The molecule has 0 radical (unpaired) electrons. The van der Waals surface area contributed by atoms with Gasteiger partial charge in [-0.2, -0.15) is 0 Å². The highest BCUT2D eigenvalue weighted by atomic mass is 19.1. The minimum atomic E-state index is -0.259. The van der Waals surface area contributed by atoms with Crippen LogP contribution in [0.1, 0.15) is 42.2 Å². The molecule has 0 bridgehead atoms. The average Bonchev–Trinajstić information content (AvgIpc) is 2.53. The third-order valence-electron chi connectivity index (χ3n) is 4.18. The average molecular weight is 285 g/mol. The van der Waals surface area contributed by atoms with Gasteiger partial charge < -0.3 is 10.1 Å². The summed E-state index contributed by atoms with van der Waals surface area (Å²) in [5.41, 5.74) is 3.48. The van der Waals surface area contributed by atoms with Crippen LogP contribution < -0.4 is 10.1 Å². The first-order valence-electron chi connectivity index (χ1n) is 7.43. The highest BCUT2D eigenvalue weighted by Crippen LogP contribution is 2.40. The smallest absolute Gasteiger partial charge is 0.127 e. The Morgan fingerprint density at radius 2 is 1.95 bits per heavy atom. The summed E-state index contributed by atoms with van der Waals surface area (Å²) in [6.07, 6.45) is 1.84. The first kappa shape index (κ1) is 14.1. The van der Waals surface area contributed by atoms with Crippen molar-refractivity contribution >= 4 is 0 Å². The number of fused-ring (bicyclic) bond motifs is 1. The van der Waals surface area contributed by atoms with E-state index in [1.165, 1.54) is 17.7 Å². The normalized spacial score (nSPS) is 20.7. The van der Waals surface area contributed by atoms with Crippen LogP contribution in [0.15, 0.2) is 42.5 Å². The SMILES string of the molecule is CCc1ccc(C2CC(NC)c3ccc(F)cc3O2)cc1. The lowest BCUT2D eigenvalue weighted by molar-refractivity contribution is 0.153. The van der Waals surface area contributed by atoms with Crippen molar-refractivity contribution in [3.63, 3.8) is 0 Å². The molecule has 0 fully saturated rings. The number of nitrogens with one attached hydrogen (secondary N) is 1. The molecule has 1 N–H and O–H groups in total. The molecule has 0 saturated carbocycles. The van der Waals surface area contributed by atoms with Crippen LogP contribution in [0.5, 0.6) is 5.75 Å². The van der Waals surface area contributed by atoms with E-state index in [2.05, 4.69) is 36.5 Å². The molecule has 3 heteroatoms. The zero-order valence-corrected chi connectivity index (χ0v) is 12.4. The minimum absolute atomic E-state index is 0.0392. The first-order valence-corrected chi connectivity index (χ1v) is 7.43. The molecule has 2 aromatic rings. The molecule has 2 atom stereocenters. The zero-order valence-electron chi connectivity index (χ0n) is 12.4. The molecule has 0 aliphatic carbocycles. The van der Waals surface area contributed by atoms with Gasteiger partial charge in [0.05, 0.1) is 0 Å². The van der Waals surface area contributed by atoms with Gasteiger partial charge >= 0.3 is 0 Å². The summed E-state index contributed by atoms with van der Waals surface area (Å²) in [5, 5.41) is 3.30. The van der Waals surface area contributed by atoms with Crippen LogP contribution in [0.2, 0.25) is 0 Å². The Morgan fingerprint density at radius 1 is 1.19 bits per heavy atom. The molecule has 2 unspecified atom stereocenters. The third-order valence-corrected chi connectivity index (χ3v) is 4.18. The highest BCUT2D eigenvalue weighted by Gasteiger charge is 2.28. The Morgan fingerprint density at radius 3 is 2.62 bits per heavy atom. The fraction of sp³-hybridized carbons (Fsp3) is 0.333. The van der Waals surface area contributed by atoms with Gasteiger partial charge in [0.1, 0.15) is 17.7 Å². The van der Waals surface area contributed by atoms with Crippen molar-refractivity contribution < 1.29 is 9.13 Å². The summed E-state index contributed by atoms with van der Waals surface area (Å²) in [6.45, 7) is 2.14. The van der Waals surface area contributed by atoms with E-state index in [1.54, 1.807) is 0 Å². The van der Waals surface area contributed by atoms with E-state index in [4.69, 9.17) is 4.74 Å². The van der Waals surface area contributed by atoms with E-state index >= 15 is 0 Å². The first-order chi connectivity index (χ1) is 10.2. The van der Waals surface area contributed by atoms with Gasteiger partial charge in [-0.3, -0.25) is 0 Å². The molecule has 21 heavy (non-hydrogen) atoms. The number of ether oxygens (including phenoxy) is 1. The second-order valence-electron chi connectivity index (χ2n) is 5.46. The summed E-state index contributed by atoms with van der Waals surface area (Å²) < 4.78 is 19.5. The maximum absolute atomic E-state index is 13.5. The fourth-order valence-electron chi connectivity index (χ4n) is 2.89. The van der Waals surface area contributed by atoms with Gasteiger partial charge in [0, 0.05) is 24.1 Å². The van der Waals surface area contributed by atoms with Gasteiger partial charge in [0.2, 0.25) is 0 Å². The number of aryl methyl sites for hydroxylation is 1. The van der Waals surface area contributed by atoms with Crippen LogP contribution >= 0.6 is 0 Å². The fourth-order valence-corrected chi connectivity index (χ4v) is 2.89. The summed E-state index contributed by atoms with van der Waals surface area (Å²) in [5.74, 6) is 0.385. The van der Waals surface area contributed by atoms with Crippen LogP contribution in [-0.2, 0) is 6.42 Å². The Bertz CT molecular complexity index is 624. The van der Waals surface area contributed by atoms with Crippen LogP contribution in [0.25, 0.3) is 0 Å². The van der Waals surface area contributed by atoms with E-state index in [1.807, 2.05) is 13.1 Å². The molecular formula is C18H20FNO. The van der Waals surface area contributed by atoms with Crippen LogP contribution in [0.3, 0.4) is 0 Å². The van der Waals surface area contributed by atoms with E-state index in [9.17, 15) is 4.39 Å². The predicted molar refractivity (Wildman–Crippen MR) is 82.0 cm³/mol. The lowest BCUT2D eigenvalue weighted by Gasteiger charge is -2.32. The molecule has 2 aromatic carbocycles. The number of benzene rings is 2. The Labute approximate surface area is 125 Å². The van der Waals surface area contributed by atoms with Crippen molar-refractivity contribution in [1.82, 2.24) is 5.32 Å². The Balaban J connectivity index is 1.91. The predicted octanol–water partition coefficient (Wildman–Crippen LogP) is 4.17. The minimum Gasteiger partial charge on any atom is -0.485 e. The van der Waals surface area contributed by atoms with Crippen molar-refractivity contribution in [2.24, 2.45) is 0 Å². The second kappa shape index (κ2) is 5.86. The van der Waals surface area contributed by atoms with Crippen molar-refractivity contribution in [3.05, 3.63) is 65.0 Å². The third kappa shape index (κ3) is 2.79. The number of halogens is 1. The Kier molecular flexibility index (Phi) is 3.93. The summed E-state index contributed by atoms with van der Waals surface area (Å²) in [4.78, 5) is 0. The quantitative estimate of drug-likeness (QED) is 0.913. The van der Waals surface area contributed by atoms with Crippen LogP contribution in [0, 0.1) is 5.82 Å². The molecule has 1 aliphatic heterocycles. The molecule has 0 saturated heterocycles. The standard InChI is InChI=1S/C18H20FNO/c1-3-12-4-6-13(7-5-12)17-11-16(20-2)15-9-8-14(19)10-18(15)21-17/h4-10,16-17,20H,3,11H2,1-2H3. The topological polar surface area (TPSA) is 21.3 Å². The van der Waals surface area contributed by atoms with Gasteiger partial charge in [0.25, 0.3) is 0 Å². The van der Waals surface area contributed by atoms with E-state index in [0.29, 0.717) is 5.75 Å². The molecular weight excluding hydrogens is 265 g/mol. The number of rotatable bonds is 3. The van der Waals surface area contributed by atoms with Gasteiger partial charge in [-0.1, -0.05) is 37.3 Å². The summed E-state index contributed by atoms with van der Waals surface area (Å²) in [6, 6.07) is 13.4. The lowest BCUT2D eigenvalue weighted by Crippen LogP contribution is -2.26. The molecule has 2 nitrogen and oxygen atoms in total. The molecule has 0 spiro atoms. The summed E-state index contributed by atoms with van der Waals surface area (Å²) in [7, 11) is 1.93. The van der Waals surface area contributed by atoms with Crippen LogP contribution in [-0.4, -0.2) is 7.05 Å². The van der Waals surface area contributed by atoms with Gasteiger partial charge in [0.15, 0.2) is 0 Å². The van der Waals surface area contributed by atoms with Gasteiger partial charge in [-0.25, -0.2) is 4.39 Å². The second-order valence-corrected chi connectivity index (χ2v) is 5.46. The maximum Gasteiger partial charge on any atom is 0.127 e. The number of hydrogen-bond donors (Lipinski definition) is 1. The van der Waals surface area contributed by atoms with E-state index in [0.717, 1.165) is 24.0 Å².